The maximum absolute atomic E-state index is 11.8. The first kappa shape index (κ1) is 18.3. The monoisotopic (exact) mass is 373 g/mol. The van der Waals surface area contributed by atoms with E-state index in [4.69, 9.17) is 11.6 Å². The molecule has 1 saturated heterocycles. The highest BCUT2D eigenvalue weighted by atomic mass is 35.5. The van der Waals surface area contributed by atoms with Crippen LogP contribution in [0.5, 0.6) is 0 Å². The standard InChI is InChI=1S/C14H16ClN3O5S/c1-9(11-2-3-12(15)13(7-11)18(20)21)16-17-14(19)6-10-4-5-24(22,23)8-10/h2-3,7,10H,4-6,8H2,1H3,(H,17,19)/b16-9-/t10-/m0/s1. The molecule has 1 fully saturated rings. The Morgan fingerprint density at radius 1 is 1.50 bits per heavy atom. The Morgan fingerprint density at radius 2 is 2.21 bits per heavy atom. The van der Waals surface area contributed by atoms with Crippen molar-refractivity contribution >= 4 is 38.7 Å². The Kier molecular flexibility index (Phi) is 5.55. The molecule has 0 unspecified atom stereocenters. The minimum absolute atomic E-state index is 0.0167. The zero-order valence-corrected chi connectivity index (χ0v) is 14.4. The van der Waals surface area contributed by atoms with Crippen LogP contribution in [0.25, 0.3) is 0 Å². The third kappa shape index (κ3) is 4.75. The van der Waals surface area contributed by atoms with E-state index in [-0.39, 0.29) is 40.5 Å². The summed E-state index contributed by atoms with van der Waals surface area (Å²) in [5, 5.41) is 14.8. The molecule has 1 aromatic carbocycles. The van der Waals surface area contributed by atoms with Crippen LogP contribution in [-0.4, -0.2) is 36.5 Å². The number of hydrogen-bond donors (Lipinski definition) is 1. The lowest BCUT2D eigenvalue weighted by Crippen LogP contribution is -2.22. The number of sulfone groups is 1. The second-order valence-electron chi connectivity index (χ2n) is 5.63. The smallest absolute Gasteiger partial charge is 0.273 e. The highest BCUT2D eigenvalue weighted by molar-refractivity contribution is 7.91. The van der Waals surface area contributed by atoms with Gasteiger partial charge in [0.1, 0.15) is 5.02 Å². The van der Waals surface area contributed by atoms with E-state index >= 15 is 0 Å². The summed E-state index contributed by atoms with van der Waals surface area (Å²) in [4.78, 5) is 22.1. The topological polar surface area (TPSA) is 119 Å². The van der Waals surface area contributed by atoms with Gasteiger partial charge in [-0.15, -0.1) is 0 Å². The lowest BCUT2D eigenvalue weighted by Gasteiger charge is -2.07. The van der Waals surface area contributed by atoms with E-state index in [0.29, 0.717) is 17.7 Å². The Morgan fingerprint density at radius 3 is 2.79 bits per heavy atom. The molecular formula is C14H16ClN3O5S. The number of nitrogens with one attached hydrogen (secondary N) is 1. The minimum Gasteiger partial charge on any atom is -0.273 e. The van der Waals surface area contributed by atoms with Gasteiger partial charge in [0, 0.05) is 18.1 Å². The van der Waals surface area contributed by atoms with Gasteiger partial charge in [-0.05, 0) is 25.3 Å². The lowest BCUT2D eigenvalue weighted by atomic mass is 10.1. The van der Waals surface area contributed by atoms with Gasteiger partial charge in [-0.25, -0.2) is 13.8 Å². The molecule has 0 aromatic heterocycles. The maximum atomic E-state index is 11.8. The number of nitrogens with zero attached hydrogens (tertiary/aromatic N) is 2. The first-order chi connectivity index (χ1) is 11.2. The van der Waals surface area contributed by atoms with Crippen molar-refractivity contribution in [2.75, 3.05) is 11.5 Å². The molecule has 1 aliphatic heterocycles. The van der Waals surface area contributed by atoms with Crippen molar-refractivity contribution in [3.63, 3.8) is 0 Å². The van der Waals surface area contributed by atoms with Gasteiger partial charge in [0.05, 0.1) is 22.1 Å². The van der Waals surface area contributed by atoms with Crippen LogP contribution in [0.1, 0.15) is 25.3 Å². The van der Waals surface area contributed by atoms with Gasteiger partial charge in [-0.3, -0.25) is 14.9 Å². The van der Waals surface area contributed by atoms with Crippen LogP contribution in [0.15, 0.2) is 23.3 Å². The number of amides is 1. The third-order valence-electron chi connectivity index (χ3n) is 3.71. The van der Waals surface area contributed by atoms with Crippen LogP contribution < -0.4 is 5.43 Å². The van der Waals surface area contributed by atoms with E-state index in [1.165, 1.54) is 12.1 Å². The third-order valence-corrected chi connectivity index (χ3v) is 5.87. The number of carbonyl (C=O) groups excluding carboxylic acids is 1. The average molecular weight is 374 g/mol. The predicted molar refractivity (Wildman–Crippen MR) is 89.8 cm³/mol. The van der Waals surface area contributed by atoms with Crippen LogP contribution in [0, 0.1) is 16.0 Å². The van der Waals surface area contributed by atoms with E-state index in [0.717, 1.165) is 0 Å². The number of halogens is 1. The summed E-state index contributed by atoms with van der Waals surface area (Å²) in [6.45, 7) is 1.59. The Hall–Kier alpha value is -2.00. The summed E-state index contributed by atoms with van der Waals surface area (Å²) in [5.74, 6) is -0.448. The number of hydrogen-bond acceptors (Lipinski definition) is 6. The Labute approximate surface area is 144 Å². The van der Waals surface area contributed by atoms with Gasteiger partial charge >= 0.3 is 0 Å². The molecule has 24 heavy (non-hydrogen) atoms. The summed E-state index contributed by atoms with van der Waals surface area (Å²) in [6, 6.07) is 4.22. The minimum atomic E-state index is -3.02. The summed E-state index contributed by atoms with van der Waals surface area (Å²) >= 11 is 5.74. The van der Waals surface area contributed by atoms with Crippen molar-refractivity contribution in [1.82, 2.24) is 5.43 Å². The molecule has 0 radical (unpaired) electrons. The van der Waals surface area contributed by atoms with Gasteiger partial charge in [0.25, 0.3) is 5.69 Å². The molecule has 1 N–H and O–H groups in total. The van der Waals surface area contributed by atoms with E-state index in [1.807, 2.05) is 0 Å². The van der Waals surface area contributed by atoms with Crippen molar-refractivity contribution in [3.05, 3.63) is 38.9 Å². The SMILES string of the molecule is C/C(=N/NC(=O)C[C@@H]1CCS(=O)(=O)C1)c1ccc(Cl)c([N+](=O)[O-])c1. The molecule has 1 aromatic rings. The van der Waals surface area contributed by atoms with Gasteiger partial charge in [-0.1, -0.05) is 17.7 Å². The number of rotatable bonds is 5. The van der Waals surface area contributed by atoms with E-state index < -0.39 is 14.8 Å². The summed E-state index contributed by atoms with van der Waals surface area (Å²) in [7, 11) is -3.02. The molecule has 0 spiro atoms. The normalized spacial score (nSPS) is 19.9. The molecule has 0 saturated carbocycles. The van der Waals surface area contributed by atoms with E-state index in [1.54, 1.807) is 13.0 Å². The molecule has 1 atom stereocenters. The van der Waals surface area contributed by atoms with Crippen LogP contribution in [0.4, 0.5) is 5.69 Å². The second-order valence-corrected chi connectivity index (χ2v) is 8.26. The summed E-state index contributed by atoms with van der Waals surface area (Å²) in [6.07, 6.45) is 0.554. The van der Waals surface area contributed by atoms with Crippen molar-refractivity contribution in [2.24, 2.45) is 11.0 Å². The molecule has 0 aliphatic carbocycles. The fraction of sp³-hybridized carbons (Fsp3) is 0.429. The highest BCUT2D eigenvalue weighted by Gasteiger charge is 2.29. The molecular weight excluding hydrogens is 358 g/mol. The molecule has 130 valence electrons. The lowest BCUT2D eigenvalue weighted by molar-refractivity contribution is -0.384. The highest BCUT2D eigenvalue weighted by Crippen LogP contribution is 2.25. The van der Waals surface area contributed by atoms with E-state index in [2.05, 4.69) is 10.5 Å². The fourth-order valence-electron chi connectivity index (χ4n) is 2.43. The largest absolute Gasteiger partial charge is 0.288 e. The van der Waals surface area contributed by atoms with Crippen molar-refractivity contribution in [3.8, 4) is 0 Å². The van der Waals surface area contributed by atoms with Crippen molar-refractivity contribution in [2.45, 2.75) is 19.8 Å². The molecule has 2 rings (SSSR count). The zero-order valence-electron chi connectivity index (χ0n) is 12.9. The van der Waals surface area contributed by atoms with Gasteiger partial charge in [0.15, 0.2) is 9.84 Å². The number of benzene rings is 1. The van der Waals surface area contributed by atoms with Crippen LogP contribution in [0.2, 0.25) is 5.02 Å². The quantitative estimate of drug-likeness (QED) is 0.480. The molecule has 10 heteroatoms. The first-order valence-electron chi connectivity index (χ1n) is 7.16. The molecule has 1 heterocycles. The number of carbonyl (C=O) groups is 1. The maximum Gasteiger partial charge on any atom is 0.288 e. The molecule has 1 aliphatic rings. The Bertz CT molecular complexity index is 807. The first-order valence-corrected chi connectivity index (χ1v) is 9.36. The van der Waals surface area contributed by atoms with Gasteiger partial charge in [0.2, 0.25) is 5.91 Å². The van der Waals surface area contributed by atoms with Crippen LogP contribution in [0.3, 0.4) is 0 Å². The van der Waals surface area contributed by atoms with E-state index in [9.17, 15) is 23.3 Å². The number of nitro groups is 1. The fourth-order valence-corrected chi connectivity index (χ4v) is 4.48. The molecule has 0 bridgehead atoms. The van der Waals surface area contributed by atoms with Gasteiger partial charge < -0.3 is 0 Å². The van der Waals surface area contributed by atoms with Crippen molar-refractivity contribution < 1.29 is 18.1 Å². The second kappa shape index (κ2) is 7.27. The predicted octanol–water partition coefficient (Wildman–Crippen LogP) is 1.91. The summed E-state index contributed by atoms with van der Waals surface area (Å²) < 4.78 is 22.7. The van der Waals surface area contributed by atoms with Gasteiger partial charge in [-0.2, -0.15) is 5.10 Å². The summed E-state index contributed by atoms with van der Waals surface area (Å²) in [5.41, 5.74) is 2.94. The van der Waals surface area contributed by atoms with Crippen molar-refractivity contribution in [1.29, 1.82) is 0 Å². The van der Waals surface area contributed by atoms with Crippen LogP contribution in [-0.2, 0) is 14.6 Å². The number of hydrazone groups is 1. The van der Waals surface area contributed by atoms with Crippen LogP contribution >= 0.6 is 11.6 Å². The number of nitro benzene ring substituents is 1. The molecule has 8 nitrogen and oxygen atoms in total. The zero-order chi connectivity index (χ0) is 17.9. The molecule has 1 amide bonds. The Balaban J connectivity index is 2.00. The average Bonchev–Trinajstić information content (AvgIpc) is 2.83.